The predicted octanol–water partition coefficient (Wildman–Crippen LogP) is 0.777. The SMILES string of the molecule is N#C[C@@H]1CCCN1C(=O)[C@@H](N)Cc1ccc(O)cc1. The molecule has 0 radical (unpaired) electrons. The lowest BCUT2D eigenvalue weighted by atomic mass is 10.1. The van der Waals surface area contributed by atoms with E-state index in [1.165, 1.54) is 0 Å². The van der Waals surface area contributed by atoms with E-state index in [-0.39, 0.29) is 17.7 Å². The van der Waals surface area contributed by atoms with E-state index in [9.17, 15) is 9.90 Å². The van der Waals surface area contributed by atoms with E-state index < -0.39 is 6.04 Å². The topological polar surface area (TPSA) is 90.4 Å². The largest absolute Gasteiger partial charge is 0.508 e. The number of rotatable bonds is 3. The maximum absolute atomic E-state index is 12.2. The molecule has 0 unspecified atom stereocenters. The number of benzene rings is 1. The Bertz CT molecular complexity index is 492. The van der Waals surface area contributed by atoms with Crippen LogP contribution in [0.15, 0.2) is 24.3 Å². The molecule has 1 aliphatic rings. The Morgan fingerprint density at radius 1 is 1.53 bits per heavy atom. The molecule has 0 spiro atoms. The number of likely N-dealkylation sites (tertiary alicyclic amines) is 1. The van der Waals surface area contributed by atoms with E-state index in [0.29, 0.717) is 13.0 Å². The molecule has 1 fully saturated rings. The van der Waals surface area contributed by atoms with Gasteiger partial charge in [-0.2, -0.15) is 5.26 Å². The Labute approximate surface area is 112 Å². The van der Waals surface area contributed by atoms with Gasteiger partial charge in [-0.1, -0.05) is 12.1 Å². The van der Waals surface area contributed by atoms with Gasteiger partial charge in [0.05, 0.1) is 12.1 Å². The number of nitrogens with two attached hydrogens (primary N) is 1. The number of carbonyl (C=O) groups excluding carboxylic acids is 1. The Kier molecular flexibility index (Phi) is 4.03. The van der Waals surface area contributed by atoms with Crippen LogP contribution in [0.3, 0.4) is 0 Å². The minimum absolute atomic E-state index is 0.169. The zero-order valence-corrected chi connectivity index (χ0v) is 10.6. The Morgan fingerprint density at radius 3 is 2.84 bits per heavy atom. The van der Waals surface area contributed by atoms with Crippen LogP contribution < -0.4 is 5.73 Å². The van der Waals surface area contributed by atoms with E-state index in [4.69, 9.17) is 11.0 Å². The summed E-state index contributed by atoms with van der Waals surface area (Å²) in [5.74, 6) is 0.0184. The van der Waals surface area contributed by atoms with Gasteiger partial charge in [-0.3, -0.25) is 4.79 Å². The van der Waals surface area contributed by atoms with Crippen LogP contribution in [0.5, 0.6) is 5.75 Å². The maximum atomic E-state index is 12.2. The van der Waals surface area contributed by atoms with Crippen LogP contribution >= 0.6 is 0 Å². The first-order valence-corrected chi connectivity index (χ1v) is 6.35. The molecular weight excluding hydrogens is 242 g/mol. The molecular formula is C14H17N3O2. The monoisotopic (exact) mass is 259 g/mol. The first-order valence-electron chi connectivity index (χ1n) is 6.35. The molecule has 0 aromatic heterocycles. The maximum Gasteiger partial charge on any atom is 0.240 e. The number of aromatic hydroxyl groups is 1. The highest BCUT2D eigenvalue weighted by atomic mass is 16.3. The lowest BCUT2D eigenvalue weighted by Crippen LogP contribution is -2.46. The molecule has 0 aliphatic carbocycles. The van der Waals surface area contributed by atoms with Gasteiger partial charge in [0.15, 0.2) is 0 Å². The summed E-state index contributed by atoms with van der Waals surface area (Å²) >= 11 is 0. The molecule has 3 N–H and O–H groups in total. The summed E-state index contributed by atoms with van der Waals surface area (Å²) < 4.78 is 0. The van der Waals surface area contributed by atoms with Crippen molar-refractivity contribution in [3.63, 3.8) is 0 Å². The Morgan fingerprint density at radius 2 is 2.21 bits per heavy atom. The molecule has 1 amide bonds. The number of amides is 1. The molecule has 1 aromatic carbocycles. The van der Waals surface area contributed by atoms with Crippen molar-refractivity contribution in [2.75, 3.05) is 6.54 Å². The summed E-state index contributed by atoms with van der Waals surface area (Å²) in [7, 11) is 0. The highest BCUT2D eigenvalue weighted by Crippen LogP contribution is 2.18. The van der Waals surface area contributed by atoms with Crippen molar-refractivity contribution < 1.29 is 9.90 Å². The quantitative estimate of drug-likeness (QED) is 0.839. The van der Waals surface area contributed by atoms with Crippen LogP contribution in [0.1, 0.15) is 18.4 Å². The van der Waals surface area contributed by atoms with Crippen LogP contribution in [-0.4, -0.2) is 34.5 Å². The van der Waals surface area contributed by atoms with Crippen molar-refractivity contribution in [2.45, 2.75) is 31.3 Å². The highest BCUT2D eigenvalue weighted by molar-refractivity contribution is 5.82. The van der Waals surface area contributed by atoms with Crippen LogP contribution in [0, 0.1) is 11.3 Å². The number of phenols is 1. The van der Waals surface area contributed by atoms with E-state index >= 15 is 0 Å². The van der Waals surface area contributed by atoms with Gasteiger partial charge >= 0.3 is 0 Å². The second-order valence-corrected chi connectivity index (χ2v) is 4.80. The van der Waals surface area contributed by atoms with E-state index in [0.717, 1.165) is 18.4 Å². The smallest absolute Gasteiger partial charge is 0.240 e. The van der Waals surface area contributed by atoms with Crippen LogP contribution in [0.25, 0.3) is 0 Å². The average molecular weight is 259 g/mol. The first kappa shape index (κ1) is 13.4. The minimum Gasteiger partial charge on any atom is -0.508 e. The summed E-state index contributed by atoms with van der Waals surface area (Å²) in [5, 5.41) is 18.2. The number of phenolic OH excluding ortho intramolecular Hbond substituents is 1. The molecule has 5 heteroatoms. The van der Waals surface area contributed by atoms with Crippen molar-refractivity contribution >= 4 is 5.91 Å². The molecule has 1 aromatic rings. The summed E-state index contributed by atoms with van der Waals surface area (Å²) in [6.07, 6.45) is 2.00. The van der Waals surface area contributed by atoms with Crippen LogP contribution in [0.4, 0.5) is 0 Å². The van der Waals surface area contributed by atoms with Crippen molar-refractivity contribution in [2.24, 2.45) is 5.73 Å². The van der Waals surface area contributed by atoms with Crippen molar-refractivity contribution in [3.8, 4) is 11.8 Å². The molecule has 0 saturated carbocycles. The van der Waals surface area contributed by atoms with Crippen LogP contribution in [-0.2, 0) is 11.2 Å². The summed E-state index contributed by atoms with van der Waals surface area (Å²) in [4.78, 5) is 13.8. The summed E-state index contributed by atoms with van der Waals surface area (Å²) in [6.45, 7) is 0.611. The number of hydrogen-bond donors (Lipinski definition) is 2. The molecule has 2 rings (SSSR count). The van der Waals surface area contributed by atoms with Gasteiger partial charge in [-0.05, 0) is 37.0 Å². The molecule has 19 heavy (non-hydrogen) atoms. The third-order valence-electron chi connectivity index (χ3n) is 3.39. The molecule has 1 heterocycles. The molecule has 100 valence electrons. The fourth-order valence-electron chi connectivity index (χ4n) is 2.35. The van der Waals surface area contributed by atoms with E-state index in [1.54, 1.807) is 29.2 Å². The van der Waals surface area contributed by atoms with Gasteiger partial charge in [0, 0.05) is 6.54 Å². The standard InChI is InChI=1S/C14H17N3O2/c15-9-11-2-1-7-17(11)14(19)13(16)8-10-3-5-12(18)6-4-10/h3-6,11,13,18H,1-2,7-8,16H2/t11-,13-/m0/s1. The van der Waals surface area contributed by atoms with Crippen molar-refractivity contribution in [1.82, 2.24) is 4.90 Å². The van der Waals surface area contributed by atoms with Gasteiger partial charge < -0.3 is 15.7 Å². The molecule has 1 saturated heterocycles. The highest BCUT2D eigenvalue weighted by Gasteiger charge is 2.31. The zero-order valence-electron chi connectivity index (χ0n) is 10.6. The number of hydrogen-bond acceptors (Lipinski definition) is 4. The lowest BCUT2D eigenvalue weighted by molar-refractivity contribution is -0.132. The van der Waals surface area contributed by atoms with Crippen LogP contribution in [0.2, 0.25) is 0 Å². The summed E-state index contributed by atoms with van der Waals surface area (Å²) in [6, 6.07) is 7.79. The van der Waals surface area contributed by atoms with Gasteiger partial charge in [-0.25, -0.2) is 0 Å². The molecule has 2 atom stereocenters. The first-order chi connectivity index (χ1) is 9.11. The molecule has 5 nitrogen and oxygen atoms in total. The number of carbonyl (C=O) groups is 1. The Hall–Kier alpha value is -2.06. The van der Waals surface area contributed by atoms with Crippen molar-refractivity contribution in [3.05, 3.63) is 29.8 Å². The fraction of sp³-hybridized carbons (Fsp3) is 0.429. The Balaban J connectivity index is 1.99. The fourth-order valence-corrected chi connectivity index (χ4v) is 2.35. The third kappa shape index (κ3) is 3.04. The number of nitriles is 1. The lowest BCUT2D eigenvalue weighted by Gasteiger charge is -2.23. The normalized spacial score (nSPS) is 20.0. The zero-order chi connectivity index (χ0) is 13.8. The van der Waals surface area contributed by atoms with Gasteiger partial charge in [-0.15, -0.1) is 0 Å². The second-order valence-electron chi connectivity index (χ2n) is 4.80. The average Bonchev–Trinajstić information content (AvgIpc) is 2.88. The predicted molar refractivity (Wildman–Crippen MR) is 70.1 cm³/mol. The van der Waals surface area contributed by atoms with Gasteiger partial charge in [0.1, 0.15) is 11.8 Å². The van der Waals surface area contributed by atoms with E-state index in [2.05, 4.69) is 6.07 Å². The van der Waals surface area contributed by atoms with Gasteiger partial charge in [0.2, 0.25) is 5.91 Å². The third-order valence-corrected chi connectivity index (χ3v) is 3.39. The van der Waals surface area contributed by atoms with Crippen molar-refractivity contribution in [1.29, 1.82) is 5.26 Å². The summed E-state index contributed by atoms with van der Waals surface area (Å²) in [5.41, 5.74) is 6.82. The minimum atomic E-state index is -0.640. The molecule has 1 aliphatic heterocycles. The number of nitrogens with zero attached hydrogens (tertiary/aromatic N) is 2. The van der Waals surface area contributed by atoms with Gasteiger partial charge in [0.25, 0.3) is 0 Å². The second kappa shape index (κ2) is 5.72. The molecule has 0 bridgehead atoms. The van der Waals surface area contributed by atoms with E-state index in [1.807, 2.05) is 0 Å².